The number of nitrogens with one attached hydrogen (secondary N) is 1. The van der Waals surface area contributed by atoms with E-state index in [1.807, 2.05) is 53.2 Å². The van der Waals surface area contributed by atoms with Gasteiger partial charge in [-0.15, -0.1) is 11.3 Å². The molecule has 2 rings (SSSR count). The van der Waals surface area contributed by atoms with Crippen molar-refractivity contribution in [2.75, 3.05) is 13.1 Å². The predicted molar refractivity (Wildman–Crippen MR) is 78.5 cm³/mol. The van der Waals surface area contributed by atoms with Crippen LogP contribution in [0.3, 0.4) is 0 Å². The summed E-state index contributed by atoms with van der Waals surface area (Å²) in [4.78, 5) is 12.6. The van der Waals surface area contributed by atoms with Crippen LogP contribution in [0, 0.1) is 0 Å². The molecule has 0 saturated carbocycles. The van der Waals surface area contributed by atoms with Gasteiger partial charge in [0.25, 0.3) is 5.91 Å². The lowest BCUT2D eigenvalue weighted by Gasteiger charge is -2.15. The minimum Gasteiger partial charge on any atom is -0.342 e. The number of hydrogen-bond acceptors (Lipinski definition) is 2. The second-order valence-corrected chi connectivity index (χ2v) is 5.71. The smallest absolute Gasteiger partial charge is 0.342 e. The van der Waals surface area contributed by atoms with E-state index in [0.717, 1.165) is 10.4 Å². The van der Waals surface area contributed by atoms with Crippen LogP contribution in [0.4, 0.5) is 13.2 Å². The molecule has 0 bridgehead atoms. The summed E-state index contributed by atoms with van der Waals surface area (Å²) < 4.78 is 36.2. The first-order valence-electron chi connectivity index (χ1n) is 6.71. The van der Waals surface area contributed by atoms with Gasteiger partial charge in [-0.3, -0.25) is 4.79 Å². The molecular weight excluding hydrogens is 313 g/mol. The number of quaternary nitrogens is 1. The Balaban J connectivity index is 1.98. The summed E-state index contributed by atoms with van der Waals surface area (Å²) >= 11 is 1.55. The lowest BCUT2D eigenvalue weighted by atomic mass is 10.1. The van der Waals surface area contributed by atoms with Crippen molar-refractivity contribution in [3.05, 3.63) is 58.3 Å². The number of benzene rings is 1. The molecule has 1 aromatic carbocycles. The van der Waals surface area contributed by atoms with Crippen molar-refractivity contribution >= 4 is 17.2 Å². The number of rotatable bonds is 6. The molecule has 3 N–H and O–H groups in total. The number of carbonyl (C=O) groups is 1. The maximum atomic E-state index is 12.1. The van der Waals surface area contributed by atoms with Gasteiger partial charge < -0.3 is 10.6 Å². The average Bonchev–Trinajstić information content (AvgIpc) is 3.00. The fraction of sp³-hybridized carbons (Fsp3) is 0.267. The van der Waals surface area contributed by atoms with Gasteiger partial charge in [0, 0.05) is 5.56 Å². The standard InChI is InChI=1S/C15H15F3N2OS/c16-15(17,18)10-20-13(21)9-19-14(12-7-4-8-22-12)11-5-2-1-3-6-11/h1-8,14,19H,9-10H2,(H,20,21)/p+1/t14-/m1/s1. The van der Waals surface area contributed by atoms with Gasteiger partial charge in [0.1, 0.15) is 12.6 Å². The Kier molecular flexibility index (Phi) is 5.57. The molecule has 0 aliphatic heterocycles. The van der Waals surface area contributed by atoms with Crippen LogP contribution in [0.1, 0.15) is 16.5 Å². The van der Waals surface area contributed by atoms with E-state index in [4.69, 9.17) is 0 Å². The van der Waals surface area contributed by atoms with Gasteiger partial charge >= 0.3 is 6.18 Å². The molecule has 0 spiro atoms. The zero-order valence-electron chi connectivity index (χ0n) is 11.6. The van der Waals surface area contributed by atoms with Crippen molar-refractivity contribution in [1.29, 1.82) is 0 Å². The fourth-order valence-electron chi connectivity index (χ4n) is 2.04. The van der Waals surface area contributed by atoms with Crippen LogP contribution in [0.25, 0.3) is 0 Å². The molecule has 1 atom stereocenters. The van der Waals surface area contributed by atoms with Gasteiger partial charge in [-0.2, -0.15) is 13.2 Å². The molecule has 118 valence electrons. The molecule has 2 aromatic rings. The molecule has 3 nitrogen and oxygen atoms in total. The molecule has 0 aliphatic carbocycles. The number of amides is 1. The third kappa shape index (κ3) is 5.16. The van der Waals surface area contributed by atoms with Crippen molar-refractivity contribution in [1.82, 2.24) is 5.32 Å². The lowest BCUT2D eigenvalue weighted by molar-refractivity contribution is -0.676. The quantitative estimate of drug-likeness (QED) is 0.837. The third-order valence-electron chi connectivity index (χ3n) is 3.03. The largest absolute Gasteiger partial charge is 0.405 e. The highest BCUT2D eigenvalue weighted by Gasteiger charge is 2.28. The number of alkyl halides is 3. The molecular formula is C15H16F3N2OS+. The minimum atomic E-state index is -4.39. The average molecular weight is 329 g/mol. The van der Waals surface area contributed by atoms with Gasteiger partial charge in [0.05, 0.1) is 4.88 Å². The Hall–Kier alpha value is -1.86. The first kappa shape index (κ1) is 16.5. The normalized spacial score (nSPS) is 12.9. The number of thiophene rings is 1. The molecule has 7 heteroatoms. The van der Waals surface area contributed by atoms with E-state index >= 15 is 0 Å². The summed E-state index contributed by atoms with van der Waals surface area (Å²) in [7, 11) is 0. The summed E-state index contributed by atoms with van der Waals surface area (Å²) in [6.07, 6.45) is -4.39. The Morgan fingerprint density at radius 2 is 1.91 bits per heavy atom. The van der Waals surface area contributed by atoms with E-state index in [1.54, 1.807) is 16.7 Å². The summed E-state index contributed by atoms with van der Waals surface area (Å²) in [5, 5.41) is 5.56. The number of nitrogens with two attached hydrogens (primary N) is 1. The van der Waals surface area contributed by atoms with E-state index in [0.29, 0.717) is 0 Å². The summed E-state index contributed by atoms with van der Waals surface area (Å²) in [5.41, 5.74) is 1.01. The first-order valence-corrected chi connectivity index (χ1v) is 7.59. The molecule has 0 unspecified atom stereocenters. The zero-order chi connectivity index (χ0) is 16.0. The second-order valence-electron chi connectivity index (χ2n) is 4.74. The minimum absolute atomic E-state index is 0.0620. The van der Waals surface area contributed by atoms with Crippen molar-refractivity contribution in [3.8, 4) is 0 Å². The van der Waals surface area contributed by atoms with Crippen molar-refractivity contribution in [2.24, 2.45) is 0 Å². The van der Waals surface area contributed by atoms with Crippen LogP contribution in [0.15, 0.2) is 47.8 Å². The maximum absolute atomic E-state index is 12.1. The molecule has 1 amide bonds. The third-order valence-corrected chi connectivity index (χ3v) is 3.99. The van der Waals surface area contributed by atoms with Crippen LogP contribution in [-0.4, -0.2) is 25.2 Å². The molecule has 0 aliphatic rings. The monoisotopic (exact) mass is 329 g/mol. The summed E-state index contributed by atoms with van der Waals surface area (Å²) in [6, 6.07) is 13.3. The Bertz CT molecular complexity index is 585. The van der Waals surface area contributed by atoms with Crippen molar-refractivity contribution < 1.29 is 23.3 Å². The summed E-state index contributed by atoms with van der Waals surface area (Å²) in [5.74, 6) is -0.630. The topological polar surface area (TPSA) is 45.7 Å². The van der Waals surface area contributed by atoms with E-state index in [-0.39, 0.29) is 12.6 Å². The number of halogens is 3. The van der Waals surface area contributed by atoms with Crippen LogP contribution in [0.2, 0.25) is 0 Å². The van der Waals surface area contributed by atoms with Gasteiger partial charge in [0.2, 0.25) is 0 Å². The van der Waals surface area contributed by atoms with Gasteiger partial charge in [-0.1, -0.05) is 36.4 Å². The van der Waals surface area contributed by atoms with Crippen LogP contribution in [-0.2, 0) is 4.79 Å². The summed E-state index contributed by atoms with van der Waals surface area (Å²) in [6.45, 7) is -1.36. The van der Waals surface area contributed by atoms with Crippen LogP contribution in [0.5, 0.6) is 0 Å². The number of carbonyl (C=O) groups excluding carboxylic acids is 1. The highest BCUT2D eigenvalue weighted by atomic mass is 32.1. The van der Waals surface area contributed by atoms with Gasteiger partial charge in [0.15, 0.2) is 6.54 Å². The molecule has 1 aromatic heterocycles. The van der Waals surface area contributed by atoms with Crippen LogP contribution < -0.4 is 10.6 Å². The van der Waals surface area contributed by atoms with E-state index in [9.17, 15) is 18.0 Å². The molecule has 1 heterocycles. The van der Waals surface area contributed by atoms with Gasteiger partial charge in [-0.05, 0) is 11.4 Å². The zero-order valence-corrected chi connectivity index (χ0v) is 12.5. The number of hydrogen-bond donors (Lipinski definition) is 2. The van der Waals surface area contributed by atoms with Gasteiger partial charge in [-0.25, -0.2) is 0 Å². The second kappa shape index (κ2) is 7.42. The molecule has 0 saturated heterocycles. The first-order chi connectivity index (χ1) is 10.5. The lowest BCUT2D eigenvalue weighted by Crippen LogP contribution is -2.87. The SMILES string of the molecule is O=C(C[NH2+][C@H](c1ccccc1)c1cccs1)NCC(F)(F)F. The molecule has 0 radical (unpaired) electrons. The maximum Gasteiger partial charge on any atom is 0.405 e. The Labute approximate surface area is 130 Å². The molecule has 22 heavy (non-hydrogen) atoms. The molecule has 0 fully saturated rings. The highest BCUT2D eigenvalue weighted by Crippen LogP contribution is 2.22. The van der Waals surface area contributed by atoms with Crippen LogP contribution >= 0.6 is 11.3 Å². The van der Waals surface area contributed by atoms with Crippen molar-refractivity contribution in [3.63, 3.8) is 0 Å². The van der Waals surface area contributed by atoms with E-state index in [1.165, 1.54) is 0 Å². The van der Waals surface area contributed by atoms with E-state index < -0.39 is 18.6 Å². The highest BCUT2D eigenvalue weighted by molar-refractivity contribution is 7.10. The van der Waals surface area contributed by atoms with Crippen molar-refractivity contribution in [2.45, 2.75) is 12.2 Å². The fourth-order valence-corrected chi connectivity index (χ4v) is 2.89. The Morgan fingerprint density at radius 1 is 1.18 bits per heavy atom. The Morgan fingerprint density at radius 3 is 2.50 bits per heavy atom. The predicted octanol–water partition coefficient (Wildman–Crippen LogP) is 2.08. The van der Waals surface area contributed by atoms with E-state index in [2.05, 4.69) is 0 Å².